The first kappa shape index (κ1) is 15.9. The molecule has 110 valence electrons. The van der Waals surface area contributed by atoms with Crippen LogP contribution in [0.3, 0.4) is 0 Å². The van der Waals surface area contributed by atoms with Crippen molar-refractivity contribution < 1.29 is 13.2 Å². The zero-order valence-electron chi connectivity index (χ0n) is 11.5. The zero-order chi connectivity index (χ0) is 15.5. The molecule has 0 aromatic heterocycles. The molecule has 0 atom stereocenters. The van der Waals surface area contributed by atoms with Gasteiger partial charge in [-0.2, -0.15) is 0 Å². The number of aryl methyl sites for hydroxylation is 1. The zero-order valence-corrected chi connectivity index (χ0v) is 13.9. The van der Waals surface area contributed by atoms with Crippen LogP contribution in [0.1, 0.15) is 21.5 Å². The minimum Gasteiger partial charge on any atom is -0.293 e. The first-order chi connectivity index (χ1) is 9.87. The highest BCUT2D eigenvalue weighted by Gasteiger charge is 2.19. The lowest BCUT2D eigenvalue weighted by atomic mass is 10.1. The van der Waals surface area contributed by atoms with E-state index in [2.05, 4.69) is 15.9 Å². The number of halogens is 1. The number of ketones is 1. The van der Waals surface area contributed by atoms with Crippen LogP contribution < -0.4 is 0 Å². The highest BCUT2D eigenvalue weighted by atomic mass is 79.9. The molecular weight excluding hydrogens is 352 g/mol. The van der Waals surface area contributed by atoms with E-state index in [0.29, 0.717) is 5.56 Å². The summed E-state index contributed by atoms with van der Waals surface area (Å²) in [6, 6.07) is 14.0. The van der Waals surface area contributed by atoms with E-state index in [1.807, 2.05) is 19.1 Å². The second kappa shape index (κ2) is 6.54. The third-order valence-electron chi connectivity index (χ3n) is 3.15. The van der Waals surface area contributed by atoms with E-state index < -0.39 is 15.6 Å². The summed E-state index contributed by atoms with van der Waals surface area (Å²) in [6.45, 7) is 1.86. The number of sulfone groups is 1. The van der Waals surface area contributed by atoms with Crippen molar-refractivity contribution in [3.05, 3.63) is 69.7 Å². The summed E-state index contributed by atoms with van der Waals surface area (Å²) >= 11 is 3.28. The summed E-state index contributed by atoms with van der Waals surface area (Å²) < 4.78 is 25.2. The molecule has 2 aromatic carbocycles. The van der Waals surface area contributed by atoms with E-state index in [1.54, 1.807) is 36.4 Å². The van der Waals surface area contributed by atoms with Gasteiger partial charge in [0.05, 0.1) is 5.75 Å². The Balaban J connectivity index is 2.12. The SMILES string of the molecule is Cc1ccccc1CS(=O)(=O)CC(=O)c1ccc(Br)cc1. The quantitative estimate of drug-likeness (QED) is 0.760. The van der Waals surface area contributed by atoms with Crippen LogP contribution in [0.25, 0.3) is 0 Å². The molecule has 0 bridgehead atoms. The first-order valence-corrected chi connectivity index (χ1v) is 9.02. The largest absolute Gasteiger partial charge is 0.293 e. The first-order valence-electron chi connectivity index (χ1n) is 6.41. The number of benzene rings is 2. The van der Waals surface area contributed by atoms with Crippen molar-refractivity contribution in [2.75, 3.05) is 5.75 Å². The fourth-order valence-electron chi connectivity index (χ4n) is 1.98. The predicted octanol–water partition coefficient (Wildman–Crippen LogP) is 3.56. The monoisotopic (exact) mass is 366 g/mol. The number of Topliss-reactive ketones (excluding diaryl/α,β-unsaturated/α-hetero) is 1. The Morgan fingerprint density at radius 1 is 1.05 bits per heavy atom. The molecule has 2 rings (SSSR count). The van der Waals surface area contributed by atoms with Gasteiger partial charge in [-0.15, -0.1) is 0 Å². The second-order valence-electron chi connectivity index (χ2n) is 4.89. The fraction of sp³-hybridized carbons (Fsp3) is 0.188. The van der Waals surface area contributed by atoms with Gasteiger partial charge in [0.25, 0.3) is 0 Å². The van der Waals surface area contributed by atoms with Crippen molar-refractivity contribution in [3.63, 3.8) is 0 Å². The smallest absolute Gasteiger partial charge is 0.177 e. The molecular formula is C16H15BrO3S. The van der Waals surface area contributed by atoms with Gasteiger partial charge in [0.1, 0.15) is 5.75 Å². The molecule has 0 spiro atoms. The molecule has 0 aliphatic rings. The van der Waals surface area contributed by atoms with Gasteiger partial charge in [-0.3, -0.25) is 4.79 Å². The summed E-state index contributed by atoms with van der Waals surface area (Å²) in [5.74, 6) is -0.957. The van der Waals surface area contributed by atoms with Crippen LogP contribution in [0.4, 0.5) is 0 Å². The Hall–Kier alpha value is -1.46. The summed E-state index contributed by atoms with van der Waals surface area (Å²) in [7, 11) is -3.48. The van der Waals surface area contributed by atoms with E-state index in [1.165, 1.54) is 0 Å². The van der Waals surface area contributed by atoms with E-state index >= 15 is 0 Å². The van der Waals surface area contributed by atoms with Gasteiger partial charge in [-0.05, 0) is 30.2 Å². The molecule has 0 heterocycles. The van der Waals surface area contributed by atoms with Crippen molar-refractivity contribution >= 4 is 31.6 Å². The highest BCUT2D eigenvalue weighted by molar-refractivity contribution is 9.10. The molecule has 0 amide bonds. The average molecular weight is 367 g/mol. The fourth-order valence-corrected chi connectivity index (χ4v) is 3.71. The van der Waals surface area contributed by atoms with Gasteiger partial charge in [-0.1, -0.05) is 52.3 Å². The maximum absolute atomic E-state index is 12.2. The molecule has 0 fully saturated rings. The molecule has 0 aliphatic heterocycles. The normalized spacial score (nSPS) is 11.3. The molecule has 2 aromatic rings. The summed E-state index contributed by atoms with van der Waals surface area (Å²) in [5.41, 5.74) is 2.06. The molecule has 0 N–H and O–H groups in total. The van der Waals surface area contributed by atoms with Crippen LogP contribution >= 0.6 is 15.9 Å². The van der Waals surface area contributed by atoms with Crippen LogP contribution in [0, 0.1) is 6.92 Å². The van der Waals surface area contributed by atoms with Crippen LogP contribution in [-0.4, -0.2) is 20.0 Å². The molecule has 21 heavy (non-hydrogen) atoms. The third-order valence-corrected chi connectivity index (χ3v) is 5.14. The van der Waals surface area contributed by atoms with Gasteiger partial charge in [0, 0.05) is 10.0 Å². The van der Waals surface area contributed by atoms with Gasteiger partial charge in [0.15, 0.2) is 15.6 Å². The molecule has 0 saturated carbocycles. The van der Waals surface area contributed by atoms with Crippen LogP contribution in [0.5, 0.6) is 0 Å². The Morgan fingerprint density at radius 2 is 1.67 bits per heavy atom. The molecule has 3 nitrogen and oxygen atoms in total. The van der Waals surface area contributed by atoms with Crippen molar-refractivity contribution in [2.24, 2.45) is 0 Å². The standard InChI is InChI=1S/C16H15BrO3S/c1-12-4-2-3-5-14(12)10-21(19,20)11-16(18)13-6-8-15(17)9-7-13/h2-9H,10-11H2,1H3. The molecule has 0 radical (unpaired) electrons. The van der Waals surface area contributed by atoms with Crippen molar-refractivity contribution in [1.29, 1.82) is 0 Å². The molecule has 0 aliphatic carbocycles. The molecule has 0 unspecified atom stereocenters. The second-order valence-corrected chi connectivity index (χ2v) is 7.87. The van der Waals surface area contributed by atoms with Crippen LogP contribution in [0.15, 0.2) is 53.0 Å². The average Bonchev–Trinajstić information content (AvgIpc) is 2.41. The summed E-state index contributed by atoms with van der Waals surface area (Å²) in [5, 5.41) is 0. The maximum Gasteiger partial charge on any atom is 0.177 e. The molecule has 5 heteroatoms. The van der Waals surface area contributed by atoms with E-state index in [9.17, 15) is 13.2 Å². The Morgan fingerprint density at radius 3 is 2.29 bits per heavy atom. The van der Waals surface area contributed by atoms with E-state index in [-0.39, 0.29) is 11.5 Å². The van der Waals surface area contributed by atoms with Crippen molar-refractivity contribution in [1.82, 2.24) is 0 Å². The van der Waals surface area contributed by atoms with Gasteiger partial charge in [0.2, 0.25) is 0 Å². The number of hydrogen-bond donors (Lipinski definition) is 0. The summed E-state index contributed by atoms with van der Waals surface area (Å²) in [4.78, 5) is 12.1. The number of carbonyl (C=O) groups excluding carboxylic acids is 1. The van der Waals surface area contributed by atoms with E-state index in [0.717, 1.165) is 15.6 Å². The Labute approximate surface area is 133 Å². The van der Waals surface area contributed by atoms with Gasteiger partial charge in [-0.25, -0.2) is 8.42 Å². The van der Waals surface area contributed by atoms with E-state index in [4.69, 9.17) is 0 Å². The topological polar surface area (TPSA) is 51.2 Å². The molecule has 0 saturated heterocycles. The van der Waals surface area contributed by atoms with Crippen molar-refractivity contribution in [2.45, 2.75) is 12.7 Å². The van der Waals surface area contributed by atoms with Crippen LogP contribution in [-0.2, 0) is 15.6 Å². The minimum absolute atomic E-state index is 0.109. The predicted molar refractivity (Wildman–Crippen MR) is 87.1 cm³/mol. The van der Waals surface area contributed by atoms with Gasteiger partial charge < -0.3 is 0 Å². The minimum atomic E-state index is -3.48. The lowest BCUT2D eigenvalue weighted by Crippen LogP contribution is -2.18. The lowest BCUT2D eigenvalue weighted by Gasteiger charge is -2.07. The number of carbonyl (C=O) groups is 1. The number of rotatable bonds is 5. The highest BCUT2D eigenvalue weighted by Crippen LogP contribution is 2.15. The lowest BCUT2D eigenvalue weighted by molar-refractivity contribution is 0.102. The van der Waals surface area contributed by atoms with Crippen LogP contribution in [0.2, 0.25) is 0 Å². The summed E-state index contributed by atoms with van der Waals surface area (Å²) in [6.07, 6.45) is 0. The Kier molecular flexibility index (Phi) is 4.96. The van der Waals surface area contributed by atoms with Gasteiger partial charge >= 0.3 is 0 Å². The van der Waals surface area contributed by atoms with Crippen molar-refractivity contribution in [3.8, 4) is 0 Å². The number of hydrogen-bond acceptors (Lipinski definition) is 3. The Bertz CT molecular complexity index is 749. The third kappa shape index (κ3) is 4.51. The maximum atomic E-state index is 12.2.